The Morgan fingerprint density at radius 1 is 0.393 bits per heavy atom. The number of imidazole rings is 2. The Kier molecular flexibility index (Phi) is 35.4. The Morgan fingerprint density at radius 2 is 0.664 bits per heavy atom. The molecule has 0 spiro atoms. The van der Waals surface area contributed by atoms with Crippen LogP contribution in [-0.4, -0.2) is 253 Å². The molecule has 0 bridgehead atoms. The van der Waals surface area contributed by atoms with Crippen LogP contribution in [0, 0.1) is 10.8 Å². The molecule has 0 aliphatic carbocycles. The van der Waals surface area contributed by atoms with E-state index in [-0.39, 0.29) is 65.4 Å². The molecule has 30 nitrogen and oxygen atoms in total. The molecule has 2 heterocycles. The molecule has 107 heavy (non-hydrogen) atoms. The van der Waals surface area contributed by atoms with Gasteiger partial charge in [-0.25, -0.2) is 14.2 Å². The minimum atomic E-state index is -2.29. The quantitative estimate of drug-likeness (QED) is 0.0313. The Balaban J connectivity index is 2.11. The van der Waals surface area contributed by atoms with Crippen LogP contribution in [0.3, 0.4) is 0 Å². The third-order valence-corrected chi connectivity index (χ3v) is 15.0. The molecule has 3 aromatic rings. The molecule has 2 aromatic heterocycles. The molecule has 604 valence electrons. The number of aryl methyl sites for hydroxylation is 2. The summed E-state index contributed by atoms with van der Waals surface area (Å²) in [7, 11) is 0. The van der Waals surface area contributed by atoms with Crippen molar-refractivity contribution in [2.75, 3.05) is 103 Å². The molecular weight excluding hydrogens is 1400 g/mol. The van der Waals surface area contributed by atoms with Crippen molar-refractivity contribution in [2.24, 2.45) is 10.8 Å². The van der Waals surface area contributed by atoms with Crippen LogP contribution in [0.1, 0.15) is 196 Å². The lowest BCUT2D eigenvalue weighted by Gasteiger charge is -2.33. The van der Waals surface area contributed by atoms with Crippen LogP contribution in [0.15, 0.2) is 49.1 Å². The summed E-state index contributed by atoms with van der Waals surface area (Å²) in [4.78, 5) is 158. The van der Waals surface area contributed by atoms with Crippen LogP contribution in [0.4, 0.5) is 5.69 Å². The minimum Gasteiger partial charge on any atom is -0.459 e. The van der Waals surface area contributed by atoms with Crippen LogP contribution in [0.5, 0.6) is 0 Å². The number of ether oxygens (including phenoxy) is 6. The maximum atomic E-state index is 14.6. The van der Waals surface area contributed by atoms with Crippen LogP contribution in [0.25, 0.3) is 0 Å². The van der Waals surface area contributed by atoms with Crippen LogP contribution >= 0.6 is 0 Å². The molecule has 0 radical (unpaired) electrons. The number of rotatable bonds is 39. The molecule has 31 heteroatoms. The van der Waals surface area contributed by atoms with Crippen molar-refractivity contribution in [2.45, 2.75) is 245 Å². The number of amides is 4. The first-order chi connectivity index (χ1) is 48.9. The van der Waals surface area contributed by atoms with Gasteiger partial charge in [0.15, 0.2) is 0 Å². The van der Waals surface area contributed by atoms with E-state index in [1.807, 2.05) is 75.2 Å². The first-order valence-corrected chi connectivity index (χ1v) is 37.5. The van der Waals surface area contributed by atoms with E-state index < -0.39 is 154 Å². The van der Waals surface area contributed by atoms with Crippen molar-refractivity contribution < 1.29 is 85.1 Å². The first kappa shape index (κ1) is 93.3. The highest BCUT2D eigenvalue weighted by Crippen LogP contribution is 2.22. The summed E-state index contributed by atoms with van der Waals surface area (Å²) in [5.41, 5.74) is -4.92. The minimum absolute atomic E-state index is 0.130. The van der Waals surface area contributed by atoms with Crippen molar-refractivity contribution in [1.82, 2.24) is 53.4 Å². The topological polar surface area (TPSA) is 334 Å². The summed E-state index contributed by atoms with van der Waals surface area (Å²) in [6.45, 7) is 39.7. The highest BCUT2D eigenvalue weighted by Gasteiger charge is 2.34. The fraction of sp³-hybridized carbons (Fsp3) is 0.711. The first-order valence-electron chi connectivity index (χ1n) is 36.4. The Bertz CT molecular complexity index is 3190. The van der Waals surface area contributed by atoms with Crippen molar-refractivity contribution in [3.05, 3.63) is 66.3 Å². The van der Waals surface area contributed by atoms with E-state index in [9.17, 15) is 56.7 Å². The van der Waals surface area contributed by atoms with Gasteiger partial charge >= 0.3 is 35.8 Å². The second kappa shape index (κ2) is 40.5. The van der Waals surface area contributed by atoms with Crippen LogP contribution in [-0.2, 0) is 120 Å². The zero-order chi connectivity index (χ0) is 81.4. The van der Waals surface area contributed by atoms with Crippen LogP contribution in [0.2, 0.25) is 0 Å². The van der Waals surface area contributed by atoms with Gasteiger partial charge in [-0.1, -0.05) is 53.7 Å². The van der Waals surface area contributed by atoms with Gasteiger partial charge < -0.3 is 57.2 Å². The second-order valence-electron chi connectivity index (χ2n) is 35.4. The molecular formula is C76H126N12O18S. The van der Waals surface area contributed by atoms with Crippen molar-refractivity contribution in [3.63, 3.8) is 0 Å². The number of carbonyl (C=O) groups is 10. The van der Waals surface area contributed by atoms with E-state index in [1.54, 1.807) is 159 Å². The number of nitrogens with one attached hydrogen (secondary N) is 1. The van der Waals surface area contributed by atoms with Gasteiger partial charge in [-0.05, 0) is 172 Å². The summed E-state index contributed by atoms with van der Waals surface area (Å²) in [6, 6.07) is 7.10. The lowest BCUT2D eigenvalue weighted by molar-refractivity contribution is -0.165. The van der Waals surface area contributed by atoms with Gasteiger partial charge in [0.05, 0.1) is 39.3 Å². The number of hydrogen-bond acceptors (Lipinski definition) is 22. The summed E-state index contributed by atoms with van der Waals surface area (Å²) in [5.74, 6) is -5.26. The summed E-state index contributed by atoms with van der Waals surface area (Å²) in [6.07, 6.45) is 8.16. The Morgan fingerprint density at radius 3 is 0.925 bits per heavy atom. The number of anilines is 1. The highest BCUT2D eigenvalue weighted by atomic mass is 32.2. The smallest absolute Gasteiger partial charge is 0.326 e. The number of esters is 6. The normalized spacial score (nSPS) is 12.9. The van der Waals surface area contributed by atoms with Crippen molar-refractivity contribution in [3.8, 4) is 0 Å². The summed E-state index contributed by atoms with van der Waals surface area (Å²) in [5, 5.41) is 0. The van der Waals surface area contributed by atoms with Gasteiger partial charge in [-0.2, -0.15) is 0 Å². The molecule has 3 rings (SSSR count). The lowest BCUT2D eigenvalue weighted by Crippen LogP contribution is -2.50. The average Bonchev–Trinajstić information content (AvgIpc) is 1.85. The zero-order valence-electron chi connectivity index (χ0n) is 68.4. The number of carbonyl (C=O) groups excluding carboxylic acids is 10. The number of hydrogen-bond donors (Lipinski definition) is 2. The predicted octanol–water partition coefficient (Wildman–Crippen LogP) is 7.71. The number of nitrogens with zero attached hydrogens (tertiary/aromatic N) is 11. The molecule has 2 N–H and O–H groups in total. The molecule has 0 saturated heterocycles. The summed E-state index contributed by atoms with van der Waals surface area (Å²) >= 11 is -2.29. The van der Waals surface area contributed by atoms with E-state index in [1.165, 1.54) is 9.80 Å². The molecule has 0 fully saturated rings. The van der Waals surface area contributed by atoms with Gasteiger partial charge in [-0.3, -0.25) is 71.9 Å². The van der Waals surface area contributed by atoms with Crippen LogP contribution < -0.4 is 4.72 Å². The molecule has 0 aliphatic heterocycles. The molecule has 1 aromatic carbocycles. The van der Waals surface area contributed by atoms with Gasteiger partial charge in [0.2, 0.25) is 23.6 Å². The standard InChI is InChI=1S/C76H126N12O18S/c1-69(2,3)53-87(51-67(97)105-75(19,20)21)61(91)45-80(43-59(89)85(47-63(93)101-71(7,8)9)48-64(94)102-72(10,11)12)34-25-36-83-39-32-77-57(83)41-82(38-31-55-27-29-56(30-28-55)79-107(99)100)42-58-78-33-40-84(58)37-26-35-81(46-62(92)88(54-70(4,5)6)52-68(98)106-76(22,23)24)44-60(90)86(49-65(95)103-73(13,14)15)50-66(96)104-74(16,17)18/h27-30,32-33,39-40,79H,25-26,31,34-38,41-54H2,1-24H3,(H,99,100). The maximum Gasteiger partial charge on any atom is 0.326 e. The van der Waals surface area contributed by atoms with Gasteiger partial charge in [0.25, 0.3) is 11.3 Å². The molecule has 1 unspecified atom stereocenters. The largest absolute Gasteiger partial charge is 0.459 e. The van der Waals surface area contributed by atoms with Gasteiger partial charge in [-0.15, -0.1) is 0 Å². The predicted molar refractivity (Wildman–Crippen MR) is 406 cm³/mol. The average molecular weight is 1530 g/mol. The SMILES string of the molecule is CC(C)(C)CN(CC(=O)OC(C)(C)C)C(=O)CN(CCCn1ccnc1CN(CCc1ccc(NS(=O)O)cc1)Cc1nccn1CCCN(CC(=O)N(CC(=O)OC(C)(C)C)CC(=O)OC(C)(C)C)CC(=O)N(CC(=O)OC(C)(C)C)CC(C)(C)C)CC(=O)N(CC(=O)OC(C)(C)C)CC(=O)OC(C)(C)C. The highest BCUT2D eigenvalue weighted by molar-refractivity contribution is 7.80. The van der Waals surface area contributed by atoms with E-state index >= 15 is 0 Å². The number of benzene rings is 1. The Hall–Kier alpha value is -7.87. The van der Waals surface area contributed by atoms with E-state index in [4.69, 9.17) is 38.4 Å². The van der Waals surface area contributed by atoms with Gasteiger partial charge in [0.1, 0.15) is 84.5 Å². The third kappa shape index (κ3) is 41.9. The molecule has 0 saturated carbocycles. The zero-order valence-corrected chi connectivity index (χ0v) is 69.2. The summed E-state index contributed by atoms with van der Waals surface area (Å²) < 4.78 is 61.1. The third-order valence-electron chi connectivity index (χ3n) is 14.6. The maximum absolute atomic E-state index is 14.6. The van der Waals surface area contributed by atoms with Crippen molar-refractivity contribution >= 4 is 76.4 Å². The monoisotopic (exact) mass is 1530 g/mol. The van der Waals surface area contributed by atoms with E-state index in [0.29, 0.717) is 56.2 Å². The lowest BCUT2D eigenvalue weighted by atomic mass is 9.96. The van der Waals surface area contributed by atoms with Crippen molar-refractivity contribution in [1.29, 1.82) is 0 Å². The van der Waals surface area contributed by atoms with E-state index in [0.717, 1.165) is 15.4 Å². The van der Waals surface area contributed by atoms with E-state index in [2.05, 4.69) is 9.62 Å². The fourth-order valence-electron chi connectivity index (χ4n) is 10.9. The molecule has 1 atom stereocenters. The second-order valence-corrected chi connectivity index (χ2v) is 36.1. The number of aromatic nitrogens is 4. The molecule has 0 aliphatic rings. The molecule has 4 amide bonds. The fourth-order valence-corrected chi connectivity index (χ4v) is 11.2. The Labute approximate surface area is 637 Å². The van der Waals surface area contributed by atoms with Gasteiger partial charge in [0, 0.05) is 76.3 Å².